The van der Waals surface area contributed by atoms with Crippen LogP contribution in [0.25, 0.3) is 5.69 Å². The Kier molecular flexibility index (Phi) is 6.38. The van der Waals surface area contributed by atoms with Gasteiger partial charge < -0.3 is 10.1 Å². The summed E-state index contributed by atoms with van der Waals surface area (Å²) in [7, 11) is 0. The molecule has 11 heteroatoms. The molecule has 0 radical (unpaired) electrons. The highest BCUT2D eigenvalue weighted by Crippen LogP contribution is 2.35. The predicted molar refractivity (Wildman–Crippen MR) is 116 cm³/mol. The second-order valence-electron chi connectivity index (χ2n) is 8.02. The monoisotopic (exact) mass is 474 g/mol. The summed E-state index contributed by atoms with van der Waals surface area (Å²) in [6, 6.07) is 12.1. The number of benzene rings is 2. The summed E-state index contributed by atoms with van der Waals surface area (Å²) in [5.41, 5.74) is -3.11. The first kappa shape index (κ1) is 23.4. The van der Waals surface area contributed by atoms with Gasteiger partial charge in [0.2, 0.25) is 0 Å². The van der Waals surface area contributed by atoms with Crippen LogP contribution in [-0.2, 0) is 16.3 Å². The molecule has 0 spiro atoms. The normalized spacial score (nSPS) is 15.6. The van der Waals surface area contributed by atoms with Gasteiger partial charge in [0.15, 0.2) is 0 Å². The van der Waals surface area contributed by atoms with Crippen LogP contribution in [0, 0.1) is 0 Å². The van der Waals surface area contributed by atoms with Gasteiger partial charge in [-0.25, -0.2) is 4.79 Å². The van der Waals surface area contributed by atoms with Gasteiger partial charge in [0.1, 0.15) is 6.20 Å². The van der Waals surface area contributed by atoms with E-state index in [0.717, 1.165) is 23.9 Å². The molecule has 1 aromatic heterocycles. The third-order valence-electron chi connectivity index (χ3n) is 5.93. The van der Waals surface area contributed by atoms with E-state index in [2.05, 4.69) is 10.4 Å². The number of nitrogens with zero attached hydrogens (tertiary/aromatic N) is 2. The van der Waals surface area contributed by atoms with Gasteiger partial charge in [0, 0.05) is 25.2 Å². The molecule has 3 aromatic rings. The minimum Gasteiger partial charge on any atom is -0.381 e. The highest BCUT2D eigenvalue weighted by molar-refractivity contribution is 5.96. The molecule has 1 aliphatic heterocycles. The number of rotatable bonds is 5. The lowest BCUT2D eigenvalue weighted by atomic mass is 9.74. The largest absolute Gasteiger partial charge is 0.417 e. The maximum absolute atomic E-state index is 13.7. The molecule has 2 heterocycles. The molecule has 34 heavy (non-hydrogen) atoms. The summed E-state index contributed by atoms with van der Waals surface area (Å²) in [6.07, 6.45) is -2.79. The van der Waals surface area contributed by atoms with Crippen LogP contribution in [0.4, 0.5) is 13.2 Å². The first-order chi connectivity index (χ1) is 16.2. The van der Waals surface area contributed by atoms with Crippen molar-refractivity contribution in [2.24, 2.45) is 0 Å². The second-order valence-corrected chi connectivity index (χ2v) is 8.02. The summed E-state index contributed by atoms with van der Waals surface area (Å²) in [4.78, 5) is 38.3. The fraction of sp³-hybridized carbons (Fsp3) is 0.304. The van der Waals surface area contributed by atoms with Gasteiger partial charge in [0.25, 0.3) is 11.5 Å². The highest BCUT2D eigenvalue weighted by atomic mass is 19.4. The summed E-state index contributed by atoms with van der Waals surface area (Å²) >= 11 is 0. The molecular formula is C23H21F3N4O4. The van der Waals surface area contributed by atoms with Crippen LogP contribution in [0.3, 0.4) is 0 Å². The van der Waals surface area contributed by atoms with Crippen LogP contribution in [0.1, 0.15) is 34.3 Å². The SMILES string of the molecule is O=C(NCC1(c2ccccc2)CCOCC1)c1cc(-n2ncc(=O)[nH]c2=O)ccc1C(F)(F)F. The Morgan fingerprint density at radius 3 is 2.47 bits per heavy atom. The summed E-state index contributed by atoms with van der Waals surface area (Å²) in [5.74, 6) is -0.937. The van der Waals surface area contributed by atoms with Crippen LogP contribution in [0.5, 0.6) is 0 Å². The topological polar surface area (TPSA) is 106 Å². The number of halogens is 3. The number of alkyl halides is 3. The number of aromatic amines is 1. The van der Waals surface area contributed by atoms with Crippen LogP contribution >= 0.6 is 0 Å². The van der Waals surface area contributed by atoms with E-state index in [0.29, 0.717) is 36.8 Å². The van der Waals surface area contributed by atoms with E-state index < -0.39 is 39.9 Å². The lowest BCUT2D eigenvalue weighted by Crippen LogP contribution is -2.45. The number of nitrogens with one attached hydrogen (secondary N) is 2. The summed E-state index contributed by atoms with van der Waals surface area (Å²) in [6.45, 7) is 1.04. The number of hydrogen-bond acceptors (Lipinski definition) is 5. The molecule has 0 aliphatic carbocycles. The maximum atomic E-state index is 13.7. The van der Waals surface area contributed by atoms with Gasteiger partial charge in [0.05, 0.1) is 16.8 Å². The van der Waals surface area contributed by atoms with Gasteiger partial charge in [-0.2, -0.15) is 23.0 Å². The van der Waals surface area contributed by atoms with Crippen LogP contribution in [0.2, 0.25) is 0 Å². The average Bonchev–Trinajstić information content (AvgIpc) is 2.83. The molecule has 0 saturated carbocycles. The molecule has 8 nitrogen and oxygen atoms in total. The van der Waals surface area contributed by atoms with E-state index in [1.54, 1.807) is 0 Å². The van der Waals surface area contributed by atoms with Gasteiger partial charge in [-0.05, 0) is 36.6 Å². The van der Waals surface area contributed by atoms with Gasteiger partial charge in [-0.1, -0.05) is 30.3 Å². The number of ether oxygens (including phenoxy) is 1. The number of carbonyl (C=O) groups is 1. The number of aromatic nitrogens is 3. The molecule has 2 N–H and O–H groups in total. The van der Waals surface area contributed by atoms with E-state index >= 15 is 0 Å². The second kappa shape index (κ2) is 9.26. The van der Waals surface area contributed by atoms with E-state index in [9.17, 15) is 27.6 Å². The summed E-state index contributed by atoms with van der Waals surface area (Å²) in [5, 5.41) is 6.31. The molecule has 178 valence electrons. The Labute approximate surface area is 191 Å². The average molecular weight is 474 g/mol. The quantitative estimate of drug-likeness (QED) is 0.591. The Bertz CT molecular complexity index is 1300. The highest BCUT2D eigenvalue weighted by Gasteiger charge is 2.38. The van der Waals surface area contributed by atoms with Gasteiger partial charge in [-0.15, -0.1) is 0 Å². The lowest BCUT2D eigenvalue weighted by molar-refractivity contribution is -0.137. The Balaban J connectivity index is 1.68. The van der Waals surface area contributed by atoms with Crippen molar-refractivity contribution in [2.75, 3.05) is 19.8 Å². The third kappa shape index (κ3) is 4.79. The fourth-order valence-electron chi connectivity index (χ4n) is 4.10. The molecular weight excluding hydrogens is 453 g/mol. The first-order valence-corrected chi connectivity index (χ1v) is 10.5. The van der Waals surface area contributed by atoms with Crippen molar-refractivity contribution in [2.45, 2.75) is 24.4 Å². The molecule has 1 amide bonds. The van der Waals surface area contributed by atoms with Gasteiger partial charge >= 0.3 is 11.9 Å². The van der Waals surface area contributed by atoms with E-state index in [-0.39, 0.29) is 12.2 Å². The van der Waals surface area contributed by atoms with Crippen molar-refractivity contribution in [3.63, 3.8) is 0 Å². The third-order valence-corrected chi connectivity index (χ3v) is 5.93. The van der Waals surface area contributed by atoms with Crippen molar-refractivity contribution in [3.05, 3.63) is 92.3 Å². The predicted octanol–water partition coefficient (Wildman–Crippen LogP) is 2.42. The van der Waals surface area contributed by atoms with Crippen molar-refractivity contribution >= 4 is 5.91 Å². The Morgan fingerprint density at radius 2 is 1.82 bits per heavy atom. The maximum Gasteiger partial charge on any atom is 0.417 e. The Morgan fingerprint density at radius 1 is 1.12 bits per heavy atom. The zero-order valence-corrected chi connectivity index (χ0v) is 17.9. The molecule has 0 bridgehead atoms. The van der Waals surface area contributed by atoms with Crippen molar-refractivity contribution in [1.29, 1.82) is 0 Å². The summed E-state index contributed by atoms with van der Waals surface area (Å²) < 4.78 is 47.2. The molecule has 0 unspecified atom stereocenters. The van der Waals surface area contributed by atoms with E-state index in [4.69, 9.17) is 4.74 Å². The number of hydrogen-bond donors (Lipinski definition) is 2. The molecule has 0 atom stereocenters. The molecule has 1 fully saturated rings. The van der Waals surface area contributed by atoms with Crippen LogP contribution in [-0.4, -0.2) is 40.4 Å². The molecule has 4 rings (SSSR count). The van der Waals surface area contributed by atoms with Crippen molar-refractivity contribution in [3.8, 4) is 5.69 Å². The van der Waals surface area contributed by atoms with Crippen molar-refractivity contribution < 1.29 is 22.7 Å². The number of carbonyl (C=O) groups excluding carboxylic acids is 1. The Hall–Kier alpha value is -3.73. The first-order valence-electron chi connectivity index (χ1n) is 10.5. The van der Waals surface area contributed by atoms with Crippen molar-refractivity contribution in [1.82, 2.24) is 20.1 Å². The zero-order chi connectivity index (χ0) is 24.3. The molecule has 1 aliphatic rings. The standard InChI is InChI=1S/C23H21F3N4O4/c24-23(25,26)18-7-6-16(30-21(33)29-19(31)13-28-30)12-17(18)20(32)27-14-22(8-10-34-11-9-22)15-4-2-1-3-5-15/h1-7,12-13H,8-11,14H2,(H,27,32)(H,29,31,33). The lowest BCUT2D eigenvalue weighted by Gasteiger charge is -2.38. The minimum absolute atomic E-state index is 0.0942. The molecule has 1 saturated heterocycles. The number of H-pyrrole nitrogens is 1. The van der Waals surface area contributed by atoms with Crippen LogP contribution < -0.4 is 16.6 Å². The van der Waals surface area contributed by atoms with E-state index in [1.165, 1.54) is 0 Å². The smallest absolute Gasteiger partial charge is 0.381 e. The van der Waals surface area contributed by atoms with Gasteiger partial charge in [-0.3, -0.25) is 14.6 Å². The molecule has 2 aromatic carbocycles. The zero-order valence-electron chi connectivity index (χ0n) is 17.9. The fourth-order valence-corrected chi connectivity index (χ4v) is 4.10. The minimum atomic E-state index is -4.80. The van der Waals surface area contributed by atoms with E-state index in [1.807, 2.05) is 35.3 Å². The van der Waals surface area contributed by atoms with Crippen LogP contribution in [0.15, 0.2) is 64.3 Å². The number of amides is 1.